The maximum absolute atomic E-state index is 11.7. The van der Waals surface area contributed by atoms with Crippen LogP contribution in [0.3, 0.4) is 0 Å². The first-order valence-corrected chi connectivity index (χ1v) is 16.9. The highest BCUT2D eigenvalue weighted by molar-refractivity contribution is 5.88. The maximum atomic E-state index is 11.7. The van der Waals surface area contributed by atoms with Crippen molar-refractivity contribution in [1.82, 2.24) is 0 Å². The summed E-state index contributed by atoms with van der Waals surface area (Å²) in [5, 5.41) is 8.50. The van der Waals surface area contributed by atoms with Crippen molar-refractivity contribution in [2.24, 2.45) is 0 Å². The van der Waals surface area contributed by atoms with Crippen molar-refractivity contribution >= 4 is 17.9 Å². The zero-order valence-corrected chi connectivity index (χ0v) is 27.5. The molecule has 0 aliphatic heterocycles. The van der Waals surface area contributed by atoms with E-state index in [1.54, 1.807) is 0 Å². The summed E-state index contributed by atoms with van der Waals surface area (Å²) in [6.45, 7) is 14.5. The standard InChI is InChI=1S/C25H44O4.C11H20O2/c1-3-4-5-6-7-8-9-10-11-12-13-14-15-16-17-18-22-29-25(28)23(2)20-19-21-24(26)27;1-4-6-7-8-9-13-11(12)10(3)5-2/h19,21H,2-18,20,22H2,1H3,(H,26,27);3-9H2,1-2H3. The molecule has 1 N–H and O–H groups in total. The van der Waals surface area contributed by atoms with Gasteiger partial charge in [0.05, 0.1) is 13.2 Å². The van der Waals surface area contributed by atoms with Gasteiger partial charge in [0.15, 0.2) is 0 Å². The molecule has 244 valence electrons. The molecular formula is C36H64O6. The van der Waals surface area contributed by atoms with Crippen molar-refractivity contribution in [3.8, 4) is 0 Å². The molecule has 0 aliphatic carbocycles. The topological polar surface area (TPSA) is 89.9 Å². The third-order valence-electron chi connectivity index (χ3n) is 7.09. The van der Waals surface area contributed by atoms with E-state index in [4.69, 9.17) is 14.6 Å². The highest BCUT2D eigenvalue weighted by Crippen LogP contribution is 2.14. The summed E-state index contributed by atoms with van der Waals surface area (Å²) in [6, 6.07) is 0. The molecule has 0 bridgehead atoms. The maximum Gasteiger partial charge on any atom is 0.333 e. The van der Waals surface area contributed by atoms with Gasteiger partial charge in [-0.05, 0) is 25.7 Å². The van der Waals surface area contributed by atoms with E-state index in [0.717, 1.165) is 31.8 Å². The smallest absolute Gasteiger partial charge is 0.333 e. The van der Waals surface area contributed by atoms with Gasteiger partial charge in [-0.2, -0.15) is 0 Å². The minimum Gasteiger partial charge on any atom is -0.478 e. The van der Waals surface area contributed by atoms with Gasteiger partial charge in [-0.15, -0.1) is 0 Å². The van der Waals surface area contributed by atoms with Crippen LogP contribution in [0, 0.1) is 0 Å². The second kappa shape index (κ2) is 33.1. The van der Waals surface area contributed by atoms with E-state index < -0.39 is 11.9 Å². The first kappa shape index (κ1) is 41.8. The van der Waals surface area contributed by atoms with Crippen LogP contribution in [0.15, 0.2) is 36.5 Å². The van der Waals surface area contributed by atoms with E-state index in [-0.39, 0.29) is 12.4 Å². The molecule has 0 heterocycles. The predicted molar refractivity (Wildman–Crippen MR) is 176 cm³/mol. The van der Waals surface area contributed by atoms with Crippen molar-refractivity contribution in [3.05, 3.63) is 36.5 Å². The van der Waals surface area contributed by atoms with Crippen LogP contribution in [0.2, 0.25) is 0 Å². The number of ether oxygens (including phenoxy) is 2. The van der Waals surface area contributed by atoms with Gasteiger partial charge in [0, 0.05) is 17.2 Å². The summed E-state index contributed by atoms with van der Waals surface area (Å²) in [5.74, 6) is -1.70. The summed E-state index contributed by atoms with van der Waals surface area (Å²) >= 11 is 0. The van der Waals surface area contributed by atoms with Crippen molar-refractivity contribution < 1.29 is 29.0 Å². The monoisotopic (exact) mass is 592 g/mol. The average molecular weight is 593 g/mol. The Hall–Kier alpha value is -2.37. The minimum absolute atomic E-state index is 0.212. The number of carbonyl (C=O) groups excluding carboxylic acids is 2. The molecule has 0 rings (SSSR count). The van der Waals surface area contributed by atoms with Crippen LogP contribution in [-0.4, -0.2) is 36.2 Å². The number of aliphatic carboxylic acids is 1. The molecule has 0 atom stereocenters. The summed E-state index contributed by atoms with van der Waals surface area (Å²) < 4.78 is 10.2. The molecular weight excluding hydrogens is 528 g/mol. The normalized spacial score (nSPS) is 10.6. The molecule has 0 aromatic heterocycles. The average Bonchev–Trinajstić information content (AvgIpc) is 2.98. The van der Waals surface area contributed by atoms with Crippen molar-refractivity contribution in [2.45, 2.75) is 162 Å². The zero-order valence-electron chi connectivity index (χ0n) is 27.5. The van der Waals surface area contributed by atoms with Gasteiger partial charge < -0.3 is 14.6 Å². The molecule has 0 fully saturated rings. The Labute approximate surface area is 258 Å². The second-order valence-corrected chi connectivity index (χ2v) is 11.1. The molecule has 0 amide bonds. The summed E-state index contributed by atoms with van der Waals surface area (Å²) in [7, 11) is 0. The number of esters is 2. The molecule has 6 heteroatoms. The fraction of sp³-hybridized carbons (Fsp3) is 0.750. The molecule has 6 nitrogen and oxygen atoms in total. The lowest BCUT2D eigenvalue weighted by molar-refractivity contribution is -0.140. The molecule has 0 aliphatic rings. The number of hydrogen-bond donors (Lipinski definition) is 1. The summed E-state index contributed by atoms with van der Waals surface area (Å²) in [4.78, 5) is 33.1. The highest BCUT2D eigenvalue weighted by atomic mass is 16.5. The number of rotatable bonds is 28. The summed E-state index contributed by atoms with van der Waals surface area (Å²) in [6.07, 6.45) is 28.9. The second-order valence-electron chi connectivity index (χ2n) is 11.1. The van der Waals surface area contributed by atoms with E-state index in [1.807, 2.05) is 6.92 Å². The van der Waals surface area contributed by atoms with Crippen LogP contribution in [0.4, 0.5) is 0 Å². The Kier molecular flexibility index (Phi) is 32.9. The van der Waals surface area contributed by atoms with Gasteiger partial charge in [-0.3, -0.25) is 0 Å². The van der Waals surface area contributed by atoms with Crippen LogP contribution in [-0.2, 0) is 23.9 Å². The number of carboxylic acids is 1. The van der Waals surface area contributed by atoms with Crippen LogP contribution in [0.5, 0.6) is 0 Å². The Morgan fingerprint density at radius 3 is 1.24 bits per heavy atom. The van der Waals surface area contributed by atoms with Crippen LogP contribution >= 0.6 is 0 Å². The van der Waals surface area contributed by atoms with E-state index in [0.29, 0.717) is 30.8 Å². The van der Waals surface area contributed by atoms with Gasteiger partial charge in [0.1, 0.15) is 0 Å². The van der Waals surface area contributed by atoms with Crippen LogP contribution < -0.4 is 0 Å². The highest BCUT2D eigenvalue weighted by Gasteiger charge is 2.07. The third kappa shape index (κ3) is 32.1. The minimum atomic E-state index is -1.03. The molecule has 0 aromatic rings. The third-order valence-corrected chi connectivity index (χ3v) is 7.09. The Bertz CT molecular complexity index is 724. The quantitative estimate of drug-likeness (QED) is 0.0552. The summed E-state index contributed by atoms with van der Waals surface area (Å²) in [5.41, 5.74) is 0.856. The molecule has 0 radical (unpaired) electrons. The van der Waals surface area contributed by atoms with Crippen molar-refractivity contribution in [2.75, 3.05) is 13.2 Å². The predicted octanol–water partition coefficient (Wildman–Crippen LogP) is 10.5. The van der Waals surface area contributed by atoms with E-state index in [9.17, 15) is 14.4 Å². The first-order chi connectivity index (χ1) is 20.3. The Morgan fingerprint density at radius 1 is 0.548 bits per heavy atom. The molecule has 0 aromatic carbocycles. The van der Waals surface area contributed by atoms with E-state index in [1.165, 1.54) is 109 Å². The lowest BCUT2D eigenvalue weighted by Crippen LogP contribution is -2.08. The van der Waals surface area contributed by atoms with Crippen LogP contribution in [0.25, 0.3) is 0 Å². The van der Waals surface area contributed by atoms with Crippen molar-refractivity contribution in [1.29, 1.82) is 0 Å². The fourth-order valence-corrected chi connectivity index (χ4v) is 4.24. The Morgan fingerprint density at radius 2 is 0.881 bits per heavy atom. The van der Waals surface area contributed by atoms with Crippen molar-refractivity contribution in [3.63, 3.8) is 0 Å². The number of carbonyl (C=O) groups is 3. The number of hydrogen-bond acceptors (Lipinski definition) is 5. The van der Waals surface area contributed by atoms with E-state index >= 15 is 0 Å². The Balaban J connectivity index is 0. The lowest BCUT2D eigenvalue weighted by atomic mass is 10.0. The molecule has 0 saturated carbocycles. The molecule has 0 unspecified atom stereocenters. The SMILES string of the molecule is C=C(CC)C(=O)OCCCCCC.C=C(CC=CC(=O)O)C(=O)OCCCCCCCCCCCCCCCCCC. The number of allylic oxidation sites excluding steroid dienone is 1. The fourth-order valence-electron chi connectivity index (χ4n) is 4.24. The number of unbranched alkanes of at least 4 members (excludes halogenated alkanes) is 18. The number of carboxylic acid groups (broad SMARTS) is 1. The van der Waals surface area contributed by atoms with E-state index in [2.05, 4.69) is 27.0 Å². The molecule has 0 spiro atoms. The molecule has 42 heavy (non-hydrogen) atoms. The van der Waals surface area contributed by atoms with Crippen LogP contribution in [0.1, 0.15) is 162 Å². The molecule has 0 saturated heterocycles. The van der Waals surface area contributed by atoms with Gasteiger partial charge in [-0.1, -0.05) is 156 Å². The van der Waals surface area contributed by atoms with Gasteiger partial charge in [-0.25, -0.2) is 14.4 Å². The van der Waals surface area contributed by atoms with Gasteiger partial charge in [0.25, 0.3) is 0 Å². The zero-order chi connectivity index (χ0) is 31.7. The van der Waals surface area contributed by atoms with Gasteiger partial charge in [0.2, 0.25) is 0 Å². The van der Waals surface area contributed by atoms with Gasteiger partial charge >= 0.3 is 17.9 Å². The lowest BCUT2D eigenvalue weighted by Gasteiger charge is -2.06. The largest absolute Gasteiger partial charge is 0.478 e. The first-order valence-electron chi connectivity index (χ1n) is 16.9.